The molecule has 2 amide bonds. The number of nitrogens with one attached hydrogen (secondary N) is 2. The first-order chi connectivity index (χ1) is 17.7. The Hall–Kier alpha value is -3.56. The van der Waals surface area contributed by atoms with Crippen LogP contribution in [0.2, 0.25) is 0 Å². The smallest absolute Gasteiger partial charge is 0.270 e. The first-order valence-corrected chi connectivity index (χ1v) is 12.7. The van der Waals surface area contributed by atoms with E-state index >= 15 is 0 Å². The van der Waals surface area contributed by atoms with Crippen LogP contribution in [0.5, 0.6) is 5.75 Å². The van der Waals surface area contributed by atoms with Gasteiger partial charge in [0.25, 0.3) is 5.91 Å². The number of hydrogen-bond acceptors (Lipinski definition) is 7. The number of benzene rings is 1. The summed E-state index contributed by atoms with van der Waals surface area (Å²) >= 11 is 0. The highest BCUT2D eigenvalue weighted by Gasteiger charge is 2.34. The molecule has 0 radical (unpaired) electrons. The normalized spacial score (nSPS) is 21.2. The summed E-state index contributed by atoms with van der Waals surface area (Å²) < 4.78 is 18.6. The SMILES string of the molecule is COc1cc(CNC(=O)c2cc(C3=NOC([C@H]4CC[C@H](NC(=O)C(C)C)CC4)C3)nc(C)n2)ccc1F. The summed E-state index contributed by atoms with van der Waals surface area (Å²) in [7, 11) is 1.39. The molecule has 37 heavy (non-hydrogen) atoms. The molecule has 1 atom stereocenters. The van der Waals surface area contributed by atoms with E-state index in [1.807, 2.05) is 13.8 Å². The van der Waals surface area contributed by atoms with Crippen LogP contribution >= 0.6 is 0 Å². The van der Waals surface area contributed by atoms with E-state index in [1.165, 1.54) is 13.2 Å². The van der Waals surface area contributed by atoms with Gasteiger partial charge in [-0.3, -0.25) is 9.59 Å². The van der Waals surface area contributed by atoms with Gasteiger partial charge in [0.2, 0.25) is 5.91 Å². The summed E-state index contributed by atoms with van der Waals surface area (Å²) in [4.78, 5) is 39.4. The fraction of sp³-hybridized carbons (Fsp3) is 0.519. The predicted octanol–water partition coefficient (Wildman–Crippen LogP) is 3.69. The van der Waals surface area contributed by atoms with Gasteiger partial charge in [-0.05, 0) is 62.3 Å². The molecule has 1 aromatic carbocycles. The van der Waals surface area contributed by atoms with Crippen LogP contribution < -0.4 is 15.4 Å². The van der Waals surface area contributed by atoms with Crippen molar-refractivity contribution in [2.75, 3.05) is 7.11 Å². The van der Waals surface area contributed by atoms with E-state index in [0.29, 0.717) is 35.1 Å². The third-order valence-electron chi connectivity index (χ3n) is 6.90. The van der Waals surface area contributed by atoms with E-state index in [9.17, 15) is 14.0 Å². The van der Waals surface area contributed by atoms with Crippen LogP contribution in [0.1, 0.15) is 73.5 Å². The molecule has 1 fully saturated rings. The van der Waals surface area contributed by atoms with Crippen molar-refractivity contribution in [3.05, 3.63) is 52.9 Å². The Morgan fingerprint density at radius 3 is 2.62 bits per heavy atom. The number of carbonyl (C=O) groups is 2. The van der Waals surface area contributed by atoms with E-state index in [2.05, 4.69) is 25.8 Å². The number of carbonyl (C=O) groups excluding carboxylic acids is 2. The van der Waals surface area contributed by atoms with E-state index in [-0.39, 0.29) is 47.9 Å². The third-order valence-corrected chi connectivity index (χ3v) is 6.90. The molecule has 2 N–H and O–H groups in total. The zero-order valence-electron chi connectivity index (χ0n) is 21.7. The molecule has 1 aromatic heterocycles. The molecule has 0 bridgehead atoms. The number of halogens is 1. The Labute approximate surface area is 216 Å². The van der Waals surface area contributed by atoms with E-state index < -0.39 is 5.82 Å². The van der Waals surface area contributed by atoms with Crippen molar-refractivity contribution in [3.8, 4) is 5.75 Å². The fourth-order valence-corrected chi connectivity index (χ4v) is 4.72. The lowest BCUT2D eigenvalue weighted by Crippen LogP contribution is -2.41. The average molecular weight is 512 g/mol. The highest BCUT2D eigenvalue weighted by molar-refractivity contribution is 6.01. The van der Waals surface area contributed by atoms with Crippen molar-refractivity contribution in [3.63, 3.8) is 0 Å². The molecule has 1 aliphatic carbocycles. The second-order valence-electron chi connectivity index (χ2n) is 10.00. The first kappa shape index (κ1) is 26.5. The largest absolute Gasteiger partial charge is 0.494 e. The van der Waals surface area contributed by atoms with Crippen LogP contribution in [0.4, 0.5) is 4.39 Å². The first-order valence-electron chi connectivity index (χ1n) is 12.7. The molecule has 1 unspecified atom stereocenters. The molecule has 1 saturated carbocycles. The van der Waals surface area contributed by atoms with Gasteiger partial charge in [-0.25, -0.2) is 14.4 Å². The molecular weight excluding hydrogens is 477 g/mol. The lowest BCUT2D eigenvalue weighted by Gasteiger charge is -2.31. The Balaban J connectivity index is 1.33. The molecule has 198 valence electrons. The Bertz CT molecular complexity index is 1180. The molecule has 9 nitrogen and oxygen atoms in total. The number of ether oxygens (including phenoxy) is 1. The summed E-state index contributed by atoms with van der Waals surface area (Å²) in [5.41, 5.74) is 2.20. The molecule has 2 aliphatic rings. The number of amides is 2. The number of hydrogen-bond donors (Lipinski definition) is 2. The zero-order valence-corrected chi connectivity index (χ0v) is 21.7. The quantitative estimate of drug-likeness (QED) is 0.559. The molecule has 2 aromatic rings. The molecule has 10 heteroatoms. The molecule has 0 spiro atoms. The number of nitrogens with zero attached hydrogens (tertiary/aromatic N) is 3. The van der Waals surface area contributed by atoms with Crippen LogP contribution in [0, 0.1) is 24.6 Å². The standard InChI is InChI=1S/C27H34FN5O4/c1-15(2)26(34)32-19-8-6-18(7-9-19)24-13-22(33-37-24)21-12-23(31-16(3)30-21)27(35)29-14-17-5-10-20(28)25(11-17)36-4/h5,10-12,15,18-19,24H,6-9,13-14H2,1-4H3,(H,29,35)(H,32,34)/t18-,19-,24?. The summed E-state index contributed by atoms with van der Waals surface area (Å²) in [5, 5.41) is 10.2. The van der Waals surface area contributed by atoms with Crippen molar-refractivity contribution in [2.24, 2.45) is 17.0 Å². The Kier molecular flexibility index (Phi) is 8.35. The summed E-state index contributed by atoms with van der Waals surface area (Å²) in [5.74, 6) is 0.189. The Morgan fingerprint density at radius 1 is 1.16 bits per heavy atom. The highest BCUT2D eigenvalue weighted by atomic mass is 19.1. The van der Waals surface area contributed by atoms with Crippen LogP contribution in [-0.4, -0.2) is 46.7 Å². The number of aromatic nitrogens is 2. The molecule has 1 aliphatic heterocycles. The van der Waals surface area contributed by atoms with Gasteiger partial charge in [0, 0.05) is 24.9 Å². The van der Waals surface area contributed by atoms with Gasteiger partial charge < -0.3 is 20.2 Å². The maximum Gasteiger partial charge on any atom is 0.270 e. The van der Waals surface area contributed by atoms with Gasteiger partial charge in [0.15, 0.2) is 11.6 Å². The molecule has 2 heterocycles. The fourth-order valence-electron chi connectivity index (χ4n) is 4.72. The van der Waals surface area contributed by atoms with Gasteiger partial charge in [-0.15, -0.1) is 0 Å². The maximum absolute atomic E-state index is 13.6. The topological polar surface area (TPSA) is 115 Å². The van der Waals surface area contributed by atoms with Gasteiger partial charge >= 0.3 is 0 Å². The van der Waals surface area contributed by atoms with Crippen molar-refractivity contribution in [1.29, 1.82) is 0 Å². The highest BCUT2D eigenvalue weighted by Crippen LogP contribution is 2.33. The van der Waals surface area contributed by atoms with Crippen LogP contribution in [-0.2, 0) is 16.2 Å². The second-order valence-corrected chi connectivity index (χ2v) is 10.00. The predicted molar refractivity (Wildman–Crippen MR) is 136 cm³/mol. The molecular formula is C27H34FN5O4. The lowest BCUT2D eigenvalue weighted by molar-refractivity contribution is -0.125. The zero-order chi connectivity index (χ0) is 26.5. The van der Waals surface area contributed by atoms with Gasteiger partial charge in [-0.1, -0.05) is 25.1 Å². The van der Waals surface area contributed by atoms with Crippen molar-refractivity contribution >= 4 is 17.5 Å². The summed E-state index contributed by atoms with van der Waals surface area (Å²) in [6, 6.07) is 6.27. The van der Waals surface area contributed by atoms with E-state index in [4.69, 9.17) is 9.57 Å². The van der Waals surface area contributed by atoms with Crippen molar-refractivity contribution in [1.82, 2.24) is 20.6 Å². The van der Waals surface area contributed by atoms with Crippen LogP contribution in [0.15, 0.2) is 29.4 Å². The maximum atomic E-state index is 13.6. The monoisotopic (exact) mass is 511 g/mol. The minimum Gasteiger partial charge on any atom is -0.494 e. The average Bonchev–Trinajstić information content (AvgIpc) is 3.38. The number of methoxy groups -OCH3 is 1. The molecule has 0 saturated heterocycles. The van der Waals surface area contributed by atoms with Gasteiger partial charge in [0.1, 0.15) is 23.3 Å². The number of aryl methyl sites for hydroxylation is 1. The van der Waals surface area contributed by atoms with Gasteiger partial charge in [-0.2, -0.15) is 0 Å². The number of oxime groups is 1. The third kappa shape index (κ3) is 6.61. The molecule has 4 rings (SSSR count). The minimum atomic E-state index is -0.461. The van der Waals surface area contributed by atoms with Crippen molar-refractivity contribution < 1.29 is 23.6 Å². The lowest BCUT2D eigenvalue weighted by atomic mass is 9.81. The number of rotatable bonds is 8. The Morgan fingerprint density at radius 2 is 1.92 bits per heavy atom. The summed E-state index contributed by atoms with van der Waals surface area (Å²) in [6.45, 7) is 5.73. The van der Waals surface area contributed by atoms with Crippen molar-refractivity contribution in [2.45, 2.75) is 71.6 Å². The summed E-state index contributed by atoms with van der Waals surface area (Å²) in [6.07, 6.45) is 4.34. The van der Waals surface area contributed by atoms with Gasteiger partial charge in [0.05, 0.1) is 12.8 Å². The van der Waals surface area contributed by atoms with E-state index in [1.54, 1.807) is 25.1 Å². The van der Waals surface area contributed by atoms with Crippen LogP contribution in [0.25, 0.3) is 0 Å². The van der Waals surface area contributed by atoms with E-state index in [0.717, 1.165) is 25.7 Å². The minimum absolute atomic E-state index is 0.0124. The second kappa shape index (κ2) is 11.7. The van der Waals surface area contributed by atoms with Crippen LogP contribution in [0.3, 0.4) is 0 Å².